The monoisotopic (exact) mass is 326 g/mol. The lowest BCUT2D eigenvalue weighted by Crippen LogP contribution is -2.60. The Bertz CT molecular complexity index is 794. The number of fused-ring (bicyclic) bond motifs is 3. The predicted octanol–water partition coefficient (Wildman–Crippen LogP) is 3.41. The van der Waals surface area contributed by atoms with Crippen molar-refractivity contribution in [3.05, 3.63) is 24.0 Å². The molecule has 0 spiro atoms. The maximum atomic E-state index is 12.7. The Hall–Kier alpha value is -2.04. The minimum absolute atomic E-state index is 0.0222. The Morgan fingerprint density at radius 3 is 2.83 bits per heavy atom. The summed E-state index contributed by atoms with van der Waals surface area (Å²) in [7, 11) is 1.87. The van der Waals surface area contributed by atoms with Crippen LogP contribution in [0.25, 0.3) is 11.0 Å². The highest BCUT2D eigenvalue weighted by Gasteiger charge is 2.56. The number of aromatic amines is 1. The number of carbonyl (C=O) groups excluding carboxylic acids is 1. The van der Waals surface area contributed by atoms with E-state index in [-0.39, 0.29) is 11.9 Å². The van der Waals surface area contributed by atoms with E-state index in [0.29, 0.717) is 17.0 Å². The molecule has 128 valence electrons. The standard InChI is InChI=1S/C19H26N4O/c1-10-13-7-11(19(13,2)3)8-15(10)23-18(24)16-9-12-14(20-4)5-6-21-17(12)22-16/h5-6,9-11,13,15H,7-8H2,1-4H3,(H,23,24)(H2,20,21,22)/t10-,11+,13-,15-/m0/s1. The largest absolute Gasteiger partial charge is 0.387 e. The minimum atomic E-state index is -0.0222. The average molecular weight is 326 g/mol. The second-order valence-electron chi connectivity index (χ2n) is 8.09. The fraction of sp³-hybridized carbons (Fsp3) is 0.579. The van der Waals surface area contributed by atoms with Crippen LogP contribution in [0.15, 0.2) is 18.3 Å². The Labute approximate surface area is 142 Å². The van der Waals surface area contributed by atoms with Gasteiger partial charge in [-0.2, -0.15) is 0 Å². The van der Waals surface area contributed by atoms with Crippen LogP contribution in [-0.4, -0.2) is 29.0 Å². The van der Waals surface area contributed by atoms with Gasteiger partial charge in [0.05, 0.1) is 0 Å². The van der Waals surface area contributed by atoms with Gasteiger partial charge in [-0.25, -0.2) is 4.98 Å². The number of hydrogen-bond acceptors (Lipinski definition) is 3. The molecule has 3 aliphatic rings. The summed E-state index contributed by atoms with van der Waals surface area (Å²) >= 11 is 0. The minimum Gasteiger partial charge on any atom is -0.387 e. The molecule has 3 saturated carbocycles. The number of carbonyl (C=O) groups is 1. The molecule has 3 aliphatic carbocycles. The van der Waals surface area contributed by atoms with Crippen LogP contribution in [0.2, 0.25) is 0 Å². The SMILES string of the molecule is CNc1ccnc2[nH]c(C(=O)N[C@H]3C[C@H]4C[C@@H]([C@@H]3C)C4(C)C)cc12. The first-order valence-corrected chi connectivity index (χ1v) is 8.88. The van der Waals surface area contributed by atoms with E-state index in [4.69, 9.17) is 0 Å². The molecular formula is C19H26N4O. The lowest BCUT2D eigenvalue weighted by molar-refractivity contribution is -0.113. The lowest BCUT2D eigenvalue weighted by Gasteiger charge is -2.62. The van der Waals surface area contributed by atoms with E-state index in [0.717, 1.165) is 35.0 Å². The highest BCUT2D eigenvalue weighted by molar-refractivity contribution is 6.00. The number of rotatable bonds is 3. The van der Waals surface area contributed by atoms with Crippen LogP contribution in [0.4, 0.5) is 5.69 Å². The summed E-state index contributed by atoms with van der Waals surface area (Å²) in [4.78, 5) is 20.2. The van der Waals surface area contributed by atoms with Crippen LogP contribution in [-0.2, 0) is 0 Å². The van der Waals surface area contributed by atoms with Crippen molar-refractivity contribution in [3.8, 4) is 0 Å². The first-order chi connectivity index (χ1) is 11.4. The third kappa shape index (κ3) is 2.14. The van der Waals surface area contributed by atoms with E-state index >= 15 is 0 Å². The van der Waals surface area contributed by atoms with Gasteiger partial charge in [-0.15, -0.1) is 0 Å². The second kappa shape index (κ2) is 5.23. The number of H-pyrrole nitrogens is 1. The van der Waals surface area contributed by atoms with E-state index in [1.54, 1.807) is 6.20 Å². The van der Waals surface area contributed by atoms with Crippen molar-refractivity contribution < 1.29 is 4.79 Å². The highest BCUT2D eigenvalue weighted by Crippen LogP contribution is 2.61. The molecule has 5 nitrogen and oxygen atoms in total. The van der Waals surface area contributed by atoms with E-state index < -0.39 is 0 Å². The second-order valence-corrected chi connectivity index (χ2v) is 8.09. The van der Waals surface area contributed by atoms with Crippen molar-refractivity contribution in [2.75, 3.05) is 12.4 Å². The molecule has 3 N–H and O–H groups in total. The molecule has 1 amide bonds. The average Bonchev–Trinajstić information content (AvgIpc) is 3.00. The Morgan fingerprint density at radius 2 is 2.17 bits per heavy atom. The Kier molecular flexibility index (Phi) is 3.37. The highest BCUT2D eigenvalue weighted by atomic mass is 16.1. The van der Waals surface area contributed by atoms with Crippen molar-refractivity contribution in [3.63, 3.8) is 0 Å². The van der Waals surface area contributed by atoms with Gasteiger partial charge in [0.25, 0.3) is 5.91 Å². The van der Waals surface area contributed by atoms with E-state index in [2.05, 4.69) is 41.4 Å². The van der Waals surface area contributed by atoms with Crippen LogP contribution in [0, 0.1) is 23.2 Å². The molecule has 0 aromatic carbocycles. The normalized spacial score (nSPS) is 30.7. The molecule has 0 aliphatic heterocycles. The first kappa shape index (κ1) is 15.5. The molecule has 5 heteroatoms. The summed E-state index contributed by atoms with van der Waals surface area (Å²) in [6.07, 6.45) is 4.16. The fourth-order valence-corrected chi connectivity index (χ4v) is 4.95. The topological polar surface area (TPSA) is 69.8 Å². The third-order valence-corrected chi connectivity index (χ3v) is 6.72. The van der Waals surface area contributed by atoms with Crippen molar-refractivity contribution >= 4 is 22.6 Å². The zero-order valence-corrected chi connectivity index (χ0v) is 14.8. The van der Waals surface area contributed by atoms with Crippen LogP contribution >= 0.6 is 0 Å². The number of aromatic nitrogens is 2. The molecule has 0 unspecified atom stereocenters. The molecule has 3 fully saturated rings. The van der Waals surface area contributed by atoms with Gasteiger partial charge in [-0.05, 0) is 48.1 Å². The molecule has 2 heterocycles. The van der Waals surface area contributed by atoms with Crippen LogP contribution in [0.5, 0.6) is 0 Å². The molecular weight excluding hydrogens is 300 g/mol. The van der Waals surface area contributed by atoms with Crippen molar-refractivity contribution in [1.29, 1.82) is 0 Å². The molecule has 0 saturated heterocycles. The molecule has 4 atom stereocenters. The van der Waals surface area contributed by atoms with E-state index in [1.165, 1.54) is 6.42 Å². The summed E-state index contributed by atoms with van der Waals surface area (Å²) < 4.78 is 0. The van der Waals surface area contributed by atoms with Crippen LogP contribution in [0.3, 0.4) is 0 Å². The summed E-state index contributed by atoms with van der Waals surface area (Å²) in [5.41, 5.74) is 2.75. The molecule has 2 aromatic heterocycles. The van der Waals surface area contributed by atoms with E-state index in [9.17, 15) is 4.79 Å². The van der Waals surface area contributed by atoms with Crippen LogP contribution < -0.4 is 10.6 Å². The zero-order chi connectivity index (χ0) is 17.1. The van der Waals surface area contributed by atoms with Gasteiger partial charge in [0.15, 0.2) is 0 Å². The fourth-order valence-electron chi connectivity index (χ4n) is 4.95. The summed E-state index contributed by atoms with van der Waals surface area (Å²) in [6.45, 7) is 7.05. The molecule has 2 bridgehead atoms. The number of hydrogen-bond donors (Lipinski definition) is 3. The summed E-state index contributed by atoms with van der Waals surface area (Å²) in [5, 5.41) is 7.35. The van der Waals surface area contributed by atoms with Gasteiger partial charge >= 0.3 is 0 Å². The molecule has 0 radical (unpaired) electrons. The number of anilines is 1. The Balaban J connectivity index is 1.53. The zero-order valence-electron chi connectivity index (χ0n) is 14.8. The number of amides is 1. The van der Waals surface area contributed by atoms with Crippen molar-refractivity contribution in [2.24, 2.45) is 23.2 Å². The van der Waals surface area contributed by atoms with Crippen molar-refractivity contribution in [2.45, 2.75) is 39.7 Å². The van der Waals surface area contributed by atoms with Gasteiger partial charge in [-0.1, -0.05) is 20.8 Å². The Morgan fingerprint density at radius 1 is 1.38 bits per heavy atom. The van der Waals surface area contributed by atoms with Gasteiger partial charge in [0.1, 0.15) is 11.3 Å². The number of nitrogens with one attached hydrogen (secondary N) is 3. The maximum Gasteiger partial charge on any atom is 0.268 e. The van der Waals surface area contributed by atoms with Gasteiger partial charge in [0, 0.05) is 30.4 Å². The number of nitrogens with zero attached hydrogens (tertiary/aromatic N) is 1. The molecule has 2 aromatic rings. The number of pyridine rings is 1. The quantitative estimate of drug-likeness (QED) is 0.809. The van der Waals surface area contributed by atoms with Gasteiger partial charge < -0.3 is 15.6 Å². The van der Waals surface area contributed by atoms with Gasteiger partial charge in [0.2, 0.25) is 0 Å². The van der Waals surface area contributed by atoms with Crippen LogP contribution in [0.1, 0.15) is 44.1 Å². The first-order valence-electron chi connectivity index (χ1n) is 8.88. The smallest absolute Gasteiger partial charge is 0.268 e. The summed E-state index contributed by atoms with van der Waals surface area (Å²) in [5.74, 6) is 1.97. The van der Waals surface area contributed by atoms with Gasteiger partial charge in [-0.3, -0.25) is 4.79 Å². The summed E-state index contributed by atoms with van der Waals surface area (Å²) in [6, 6.07) is 4.08. The predicted molar refractivity (Wildman–Crippen MR) is 96.1 cm³/mol. The molecule has 24 heavy (non-hydrogen) atoms. The van der Waals surface area contributed by atoms with E-state index in [1.807, 2.05) is 19.2 Å². The third-order valence-electron chi connectivity index (χ3n) is 6.72. The van der Waals surface area contributed by atoms with Crippen molar-refractivity contribution in [1.82, 2.24) is 15.3 Å². The lowest BCUT2D eigenvalue weighted by atomic mass is 9.45. The maximum absolute atomic E-state index is 12.7. The molecule has 5 rings (SSSR count).